The SMILES string of the molecule is [O-][n+]1cccc(-c2ccncc2O)c1. The van der Waals surface area contributed by atoms with Crippen LogP contribution in [0.25, 0.3) is 11.1 Å². The Morgan fingerprint density at radius 2 is 2.21 bits per heavy atom. The number of nitrogens with zero attached hydrogens (tertiary/aromatic N) is 2. The largest absolute Gasteiger partial charge is 0.619 e. The average molecular weight is 188 g/mol. The van der Waals surface area contributed by atoms with Crippen molar-refractivity contribution in [2.45, 2.75) is 0 Å². The second-order valence-electron chi connectivity index (χ2n) is 2.85. The predicted molar refractivity (Wildman–Crippen MR) is 50.3 cm³/mol. The van der Waals surface area contributed by atoms with Gasteiger partial charge in [-0.2, -0.15) is 4.73 Å². The van der Waals surface area contributed by atoms with Crippen LogP contribution in [0.3, 0.4) is 0 Å². The molecule has 2 heterocycles. The third-order valence-electron chi connectivity index (χ3n) is 1.89. The maximum absolute atomic E-state index is 11.0. The van der Waals surface area contributed by atoms with E-state index in [0.717, 1.165) is 0 Å². The molecular formula is C10H8N2O2. The minimum atomic E-state index is 0.0682. The van der Waals surface area contributed by atoms with E-state index in [1.165, 1.54) is 18.6 Å². The highest BCUT2D eigenvalue weighted by atomic mass is 16.5. The predicted octanol–water partition coefficient (Wildman–Crippen LogP) is 1.09. The van der Waals surface area contributed by atoms with Crippen LogP contribution in [0.2, 0.25) is 0 Å². The molecular weight excluding hydrogens is 180 g/mol. The first-order chi connectivity index (χ1) is 6.77. The van der Waals surface area contributed by atoms with Crippen LogP contribution in [-0.2, 0) is 0 Å². The fourth-order valence-corrected chi connectivity index (χ4v) is 1.24. The summed E-state index contributed by atoms with van der Waals surface area (Å²) in [5.74, 6) is 0.0682. The first kappa shape index (κ1) is 8.50. The molecule has 0 bridgehead atoms. The molecule has 0 amide bonds. The molecule has 0 unspecified atom stereocenters. The zero-order chi connectivity index (χ0) is 9.97. The summed E-state index contributed by atoms with van der Waals surface area (Å²) in [5, 5.41) is 20.5. The molecule has 0 fully saturated rings. The molecule has 2 aromatic heterocycles. The van der Waals surface area contributed by atoms with Crippen LogP contribution >= 0.6 is 0 Å². The molecule has 0 saturated heterocycles. The summed E-state index contributed by atoms with van der Waals surface area (Å²) in [6, 6.07) is 5.04. The van der Waals surface area contributed by atoms with Gasteiger partial charge in [0.2, 0.25) is 0 Å². The van der Waals surface area contributed by atoms with Gasteiger partial charge < -0.3 is 10.3 Å². The van der Waals surface area contributed by atoms with Crippen molar-refractivity contribution in [1.82, 2.24) is 4.98 Å². The number of rotatable bonds is 1. The van der Waals surface area contributed by atoms with Crippen molar-refractivity contribution < 1.29 is 9.84 Å². The Labute approximate surface area is 80.7 Å². The summed E-state index contributed by atoms with van der Waals surface area (Å²) in [6.45, 7) is 0. The summed E-state index contributed by atoms with van der Waals surface area (Å²) in [5.41, 5.74) is 1.27. The number of aromatic nitrogens is 2. The summed E-state index contributed by atoms with van der Waals surface area (Å²) < 4.78 is 0.690. The standard InChI is InChI=1S/C10H8N2O2/c13-10-6-11-4-3-9(10)8-2-1-5-12(14)7-8/h1-7,13H. The maximum atomic E-state index is 11.0. The van der Waals surface area contributed by atoms with E-state index < -0.39 is 0 Å². The Morgan fingerprint density at radius 3 is 2.93 bits per heavy atom. The van der Waals surface area contributed by atoms with Gasteiger partial charge in [-0.15, -0.1) is 0 Å². The average Bonchev–Trinajstić information content (AvgIpc) is 2.18. The number of hydrogen-bond donors (Lipinski definition) is 1. The van der Waals surface area contributed by atoms with Gasteiger partial charge in [-0.1, -0.05) is 0 Å². The van der Waals surface area contributed by atoms with Crippen LogP contribution in [0.15, 0.2) is 43.0 Å². The van der Waals surface area contributed by atoms with Crippen molar-refractivity contribution in [3.05, 3.63) is 48.2 Å². The van der Waals surface area contributed by atoms with E-state index in [4.69, 9.17) is 0 Å². The fourth-order valence-electron chi connectivity index (χ4n) is 1.24. The Hall–Kier alpha value is -2.10. The van der Waals surface area contributed by atoms with Crippen molar-refractivity contribution in [3.63, 3.8) is 0 Å². The lowest BCUT2D eigenvalue weighted by Crippen LogP contribution is -2.23. The molecule has 4 heteroatoms. The van der Waals surface area contributed by atoms with Crippen molar-refractivity contribution in [3.8, 4) is 16.9 Å². The number of pyridine rings is 2. The molecule has 0 aliphatic heterocycles. The van der Waals surface area contributed by atoms with E-state index in [1.807, 2.05) is 0 Å². The molecule has 0 radical (unpaired) electrons. The zero-order valence-electron chi connectivity index (χ0n) is 7.29. The molecule has 0 atom stereocenters. The van der Waals surface area contributed by atoms with Gasteiger partial charge in [0.05, 0.1) is 11.8 Å². The highest BCUT2D eigenvalue weighted by molar-refractivity contribution is 5.67. The lowest BCUT2D eigenvalue weighted by atomic mass is 10.1. The molecule has 0 aliphatic rings. The van der Waals surface area contributed by atoms with Crippen LogP contribution in [0.1, 0.15) is 0 Å². The van der Waals surface area contributed by atoms with Crippen LogP contribution in [0, 0.1) is 5.21 Å². The Balaban J connectivity index is 2.55. The van der Waals surface area contributed by atoms with Gasteiger partial charge in [-0.25, -0.2) is 0 Å². The van der Waals surface area contributed by atoms with E-state index in [-0.39, 0.29) is 5.75 Å². The van der Waals surface area contributed by atoms with Crippen molar-refractivity contribution >= 4 is 0 Å². The van der Waals surface area contributed by atoms with Gasteiger partial charge in [0.15, 0.2) is 12.4 Å². The lowest BCUT2D eigenvalue weighted by molar-refractivity contribution is -0.604. The van der Waals surface area contributed by atoms with E-state index in [9.17, 15) is 10.3 Å². The van der Waals surface area contributed by atoms with Crippen LogP contribution in [0.4, 0.5) is 0 Å². The van der Waals surface area contributed by atoms with E-state index >= 15 is 0 Å². The third kappa shape index (κ3) is 1.50. The molecule has 2 rings (SSSR count). The molecule has 0 spiro atoms. The minimum absolute atomic E-state index is 0.0682. The molecule has 14 heavy (non-hydrogen) atoms. The highest BCUT2D eigenvalue weighted by Gasteiger charge is 2.05. The summed E-state index contributed by atoms with van der Waals surface area (Å²) in [6.07, 6.45) is 5.70. The zero-order valence-corrected chi connectivity index (χ0v) is 7.29. The topological polar surface area (TPSA) is 60.1 Å². The monoisotopic (exact) mass is 188 g/mol. The molecule has 2 aromatic rings. The maximum Gasteiger partial charge on any atom is 0.188 e. The van der Waals surface area contributed by atoms with Crippen molar-refractivity contribution in [2.75, 3.05) is 0 Å². The van der Waals surface area contributed by atoms with Gasteiger partial charge in [-0.3, -0.25) is 4.98 Å². The van der Waals surface area contributed by atoms with Crippen molar-refractivity contribution in [2.24, 2.45) is 0 Å². The van der Waals surface area contributed by atoms with Gasteiger partial charge in [0.25, 0.3) is 0 Å². The van der Waals surface area contributed by atoms with E-state index in [0.29, 0.717) is 15.9 Å². The van der Waals surface area contributed by atoms with Gasteiger partial charge in [0.1, 0.15) is 5.75 Å². The first-order valence-corrected chi connectivity index (χ1v) is 4.09. The molecule has 0 aliphatic carbocycles. The molecule has 0 saturated carbocycles. The van der Waals surface area contributed by atoms with Crippen LogP contribution in [0.5, 0.6) is 5.75 Å². The molecule has 1 N–H and O–H groups in total. The number of hydrogen-bond acceptors (Lipinski definition) is 3. The van der Waals surface area contributed by atoms with E-state index in [1.54, 1.807) is 24.4 Å². The van der Waals surface area contributed by atoms with E-state index in [2.05, 4.69) is 4.98 Å². The molecule has 0 aromatic carbocycles. The summed E-state index contributed by atoms with van der Waals surface area (Å²) in [7, 11) is 0. The first-order valence-electron chi connectivity index (χ1n) is 4.09. The second kappa shape index (κ2) is 3.33. The van der Waals surface area contributed by atoms with Gasteiger partial charge >= 0.3 is 0 Å². The Bertz CT molecular complexity index is 457. The highest BCUT2D eigenvalue weighted by Crippen LogP contribution is 2.25. The Kier molecular flexibility index (Phi) is 2.02. The smallest absolute Gasteiger partial charge is 0.188 e. The molecule has 70 valence electrons. The summed E-state index contributed by atoms with van der Waals surface area (Å²) >= 11 is 0. The normalized spacial score (nSPS) is 10.0. The Morgan fingerprint density at radius 1 is 1.36 bits per heavy atom. The quantitative estimate of drug-likeness (QED) is 0.538. The van der Waals surface area contributed by atoms with Gasteiger partial charge in [0, 0.05) is 17.8 Å². The molecule has 4 nitrogen and oxygen atoms in total. The third-order valence-corrected chi connectivity index (χ3v) is 1.89. The summed E-state index contributed by atoms with van der Waals surface area (Å²) in [4.78, 5) is 3.76. The fraction of sp³-hybridized carbons (Fsp3) is 0. The van der Waals surface area contributed by atoms with Crippen LogP contribution in [-0.4, -0.2) is 10.1 Å². The van der Waals surface area contributed by atoms with Gasteiger partial charge in [-0.05, 0) is 12.1 Å². The van der Waals surface area contributed by atoms with Crippen LogP contribution < -0.4 is 4.73 Å². The number of aromatic hydroxyl groups is 1. The lowest BCUT2D eigenvalue weighted by Gasteiger charge is -2.02. The second-order valence-corrected chi connectivity index (χ2v) is 2.85. The minimum Gasteiger partial charge on any atom is -0.619 e. The van der Waals surface area contributed by atoms with Crippen molar-refractivity contribution in [1.29, 1.82) is 0 Å².